The zero-order chi connectivity index (χ0) is 30.7. The third-order valence-corrected chi connectivity index (χ3v) is 7.11. The lowest BCUT2D eigenvalue weighted by molar-refractivity contribution is -0.439. The van der Waals surface area contributed by atoms with Crippen LogP contribution in [0.4, 0.5) is 0 Å². The summed E-state index contributed by atoms with van der Waals surface area (Å²) >= 11 is 0. The van der Waals surface area contributed by atoms with Crippen LogP contribution in [0.2, 0.25) is 0 Å². The van der Waals surface area contributed by atoms with Crippen LogP contribution in [0.1, 0.15) is 57.8 Å². The normalized spacial score (nSPS) is 19.9. The zero-order valence-corrected chi connectivity index (χ0v) is 23.0. The second kappa shape index (κ2) is 12.3. The second-order valence-corrected chi connectivity index (χ2v) is 9.52. The zero-order valence-electron chi connectivity index (χ0n) is 23.0. The van der Waals surface area contributed by atoms with Crippen molar-refractivity contribution in [2.45, 2.75) is 31.3 Å². The molecular weight excluding hydrogens is 568 g/mol. The number of carboxylic acid groups (broad SMARTS) is 1. The lowest BCUT2D eigenvalue weighted by Crippen LogP contribution is -2.14. The van der Waals surface area contributed by atoms with E-state index < -0.39 is 30.4 Å². The number of hydrogen-bond donors (Lipinski definition) is 2. The molecule has 2 heterocycles. The predicted octanol–water partition coefficient (Wildman–Crippen LogP) is 4.59. The molecule has 0 bridgehead atoms. The number of aliphatic carboxylic acids is 1. The van der Waals surface area contributed by atoms with Crippen molar-refractivity contribution in [2.75, 3.05) is 14.2 Å². The molecule has 3 aromatic rings. The Morgan fingerprint density at radius 3 is 1.98 bits per heavy atom. The number of fused-ring (bicyclic) bond motifs is 2. The molecule has 43 heavy (non-hydrogen) atoms. The number of methoxy groups -OCH3 is 2. The van der Waals surface area contributed by atoms with Gasteiger partial charge in [0.25, 0.3) is 12.9 Å². The maximum Gasteiger partial charge on any atom is 0.328 e. The number of carbonyl (C=O) groups excluding carboxylic acids is 2. The van der Waals surface area contributed by atoms with Gasteiger partial charge >= 0.3 is 5.97 Å². The Morgan fingerprint density at radius 2 is 1.42 bits per heavy atom. The average molecular weight is 595 g/mol. The Labute approximate surface area is 244 Å². The number of carboxylic acids is 1. The first-order chi connectivity index (χ1) is 20.8. The Hall–Kier alpha value is -5.27. The summed E-state index contributed by atoms with van der Waals surface area (Å²) in [7, 11) is 2.88. The minimum Gasteiger partial charge on any atom is -0.493 e. The Balaban J connectivity index is 1.57. The molecule has 0 spiro atoms. The minimum atomic E-state index is -1.13. The molecule has 0 saturated heterocycles. The molecular formula is C30H26O13. The highest BCUT2D eigenvalue weighted by atomic mass is 17.5. The standard InChI is InChI=1S/C30H26O13/c1-15-8-17(5-6-21(15)42-43-35)25-30(39-14-32)20-11-18(12-23(37-3)28(20)40-25)26-29(38-13-31)19-9-16(4-7-24(33)34)10-22(36-2)27(19)41-26/h4-14,25-26,29-30,35H,1-3H3,(H,33,34)/b7-4+. The first-order valence-electron chi connectivity index (χ1n) is 12.8. The van der Waals surface area contributed by atoms with Gasteiger partial charge in [-0.25, -0.2) is 10.1 Å². The molecule has 0 fully saturated rings. The Bertz CT molecular complexity index is 1580. The summed E-state index contributed by atoms with van der Waals surface area (Å²) in [6.45, 7) is 2.34. The van der Waals surface area contributed by atoms with Crippen LogP contribution in [0.3, 0.4) is 0 Å². The van der Waals surface area contributed by atoms with Crippen LogP contribution < -0.4 is 23.8 Å². The van der Waals surface area contributed by atoms with Crippen molar-refractivity contribution in [1.82, 2.24) is 0 Å². The number of hydrogen-bond acceptors (Lipinski definition) is 12. The fourth-order valence-corrected chi connectivity index (χ4v) is 5.28. The molecule has 0 amide bonds. The molecule has 4 atom stereocenters. The summed E-state index contributed by atoms with van der Waals surface area (Å²) in [5, 5.41) is 21.5. The molecule has 0 radical (unpaired) electrons. The molecule has 224 valence electrons. The lowest BCUT2D eigenvalue weighted by Gasteiger charge is -2.20. The van der Waals surface area contributed by atoms with E-state index in [-0.39, 0.29) is 5.75 Å². The van der Waals surface area contributed by atoms with Crippen molar-refractivity contribution in [3.05, 3.63) is 81.9 Å². The van der Waals surface area contributed by atoms with E-state index in [2.05, 4.69) is 5.04 Å². The minimum absolute atomic E-state index is 0.269. The highest BCUT2D eigenvalue weighted by Gasteiger charge is 2.44. The second-order valence-electron chi connectivity index (χ2n) is 9.52. The van der Waals surface area contributed by atoms with E-state index in [9.17, 15) is 14.4 Å². The van der Waals surface area contributed by atoms with Crippen LogP contribution in [0.25, 0.3) is 6.08 Å². The van der Waals surface area contributed by atoms with Crippen LogP contribution in [-0.2, 0) is 28.9 Å². The molecule has 2 aliphatic heterocycles. The third kappa shape index (κ3) is 5.50. The average Bonchev–Trinajstić information content (AvgIpc) is 3.55. The highest BCUT2D eigenvalue weighted by Crippen LogP contribution is 2.56. The largest absolute Gasteiger partial charge is 0.493 e. The Kier molecular flexibility index (Phi) is 8.36. The van der Waals surface area contributed by atoms with Gasteiger partial charge in [-0.3, -0.25) is 9.59 Å². The summed E-state index contributed by atoms with van der Waals surface area (Å²) in [6, 6.07) is 11.6. The summed E-state index contributed by atoms with van der Waals surface area (Å²) in [4.78, 5) is 39.0. The van der Waals surface area contributed by atoms with Gasteiger partial charge in [-0.1, -0.05) is 6.07 Å². The van der Waals surface area contributed by atoms with Crippen LogP contribution in [0.5, 0.6) is 28.7 Å². The van der Waals surface area contributed by atoms with Gasteiger partial charge < -0.3 is 38.4 Å². The molecule has 2 N–H and O–H groups in total. The van der Waals surface area contributed by atoms with Crippen LogP contribution in [0.15, 0.2) is 48.5 Å². The van der Waals surface area contributed by atoms with E-state index in [0.29, 0.717) is 69.3 Å². The van der Waals surface area contributed by atoms with E-state index in [1.807, 2.05) is 0 Å². The number of aryl methyl sites for hydroxylation is 1. The van der Waals surface area contributed by atoms with Crippen molar-refractivity contribution in [3.8, 4) is 28.7 Å². The van der Waals surface area contributed by atoms with E-state index in [4.69, 9.17) is 43.7 Å². The molecule has 0 aromatic heterocycles. The highest BCUT2D eigenvalue weighted by molar-refractivity contribution is 5.85. The van der Waals surface area contributed by atoms with E-state index in [1.165, 1.54) is 20.3 Å². The van der Waals surface area contributed by atoms with Gasteiger partial charge in [0.2, 0.25) is 0 Å². The summed E-state index contributed by atoms with van der Waals surface area (Å²) in [6.07, 6.45) is -1.17. The van der Waals surface area contributed by atoms with Crippen molar-refractivity contribution >= 4 is 25.0 Å². The van der Waals surface area contributed by atoms with Gasteiger partial charge in [0.1, 0.15) is 0 Å². The van der Waals surface area contributed by atoms with Gasteiger partial charge in [0.05, 0.1) is 14.2 Å². The van der Waals surface area contributed by atoms with Crippen LogP contribution in [0, 0.1) is 6.92 Å². The first kappa shape index (κ1) is 29.2. The van der Waals surface area contributed by atoms with E-state index >= 15 is 0 Å². The van der Waals surface area contributed by atoms with Crippen LogP contribution >= 0.6 is 0 Å². The van der Waals surface area contributed by atoms with Gasteiger partial charge in [-0.15, -0.1) is 0 Å². The third-order valence-electron chi connectivity index (χ3n) is 7.11. The molecule has 13 heteroatoms. The van der Waals surface area contributed by atoms with Crippen molar-refractivity contribution < 1.29 is 63.1 Å². The molecule has 13 nitrogen and oxygen atoms in total. The molecule has 4 unspecified atom stereocenters. The smallest absolute Gasteiger partial charge is 0.328 e. The molecule has 2 aliphatic rings. The fourth-order valence-electron chi connectivity index (χ4n) is 5.28. The van der Waals surface area contributed by atoms with Crippen molar-refractivity contribution in [1.29, 1.82) is 0 Å². The summed E-state index contributed by atoms with van der Waals surface area (Å²) < 4.78 is 34.7. The fraction of sp³-hybridized carbons (Fsp3) is 0.233. The quantitative estimate of drug-likeness (QED) is 0.130. The van der Waals surface area contributed by atoms with Gasteiger partial charge in [-0.2, -0.15) is 0 Å². The van der Waals surface area contributed by atoms with Gasteiger partial charge in [-0.05, 0) is 71.1 Å². The molecule has 0 aliphatic carbocycles. The topological polar surface area (TPSA) is 166 Å². The van der Waals surface area contributed by atoms with Crippen LogP contribution in [-0.4, -0.2) is 43.5 Å². The number of rotatable bonds is 12. The van der Waals surface area contributed by atoms with Crippen molar-refractivity contribution in [2.24, 2.45) is 0 Å². The number of carbonyl (C=O) groups is 3. The monoisotopic (exact) mass is 594 g/mol. The maximum atomic E-state index is 11.6. The van der Waals surface area contributed by atoms with Crippen molar-refractivity contribution in [3.63, 3.8) is 0 Å². The Morgan fingerprint density at radius 1 is 0.814 bits per heavy atom. The molecule has 3 aromatic carbocycles. The SMILES string of the molecule is COc1cc(/C=C/C(=O)O)cc2c1OC(c1cc(OC)c3c(c1)C(OC=O)C(c1ccc(OOO)c(C)c1)O3)C2OC=O. The van der Waals surface area contributed by atoms with Gasteiger partial charge in [0.15, 0.2) is 53.2 Å². The lowest BCUT2D eigenvalue weighted by atomic mass is 9.94. The molecule has 5 rings (SSSR count). The number of benzene rings is 3. The maximum absolute atomic E-state index is 11.6. The molecule has 0 saturated carbocycles. The summed E-state index contributed by atoms with van der Waals surface area (Å²) in [5.74, 6) is 0.392. The van der Waals surface area contributed by atoms with E-state index in [0.717, 1.165) is 6.08 Å². The number of ether oxygens (including phenoxy) is 6. The van der Waals surface area contributed by atoms with E-state index in [1.54, 1.807) is 49.4 Å². The van der Waals surface area contributed by atoms with Gasteiger partial charge in [0, 0.05) is 22.8 Å². The first-order valence-corrected chi connectivity index (χ1v) is 12.8. The predicted molar refractivity (Wildman–Crippen MR) is 145 cm³/mol. The summed E-state index contributed by atoms with van der Waals surface area (Å²) in [5.41, 5.74) is 3.17.